The Kier molecular flexibility index (Phi) is 2.56. The molecule has 0 aromatic carbocycles. The molecule has 0 aliphatic carbocycles. The SMILES string of the molecule is Cc1cnc(SC(F)(F)F)nc1. The van der Waals surface area contributed by atoms with E-state index in [1.54, 1.807) is 6.92 Å². The second kappa shape index (κ2) is 3.30. The van der Waals surface area contributed by atoms with Crippen LogP contribution in [0.5, 0.6) is 0 Å². The highest BCUT2D eigenvalue weighted by Gasteiger charge is 2.30. The van der Waals surface area contributed by atoms with Crippen molar-refractivity contribution in [1.29, 1.82) is 0 Å². The molecule has 1 rings (SSSR count). The number of rotatable bonds is 1. The van der Waals surface area contributed by atoms with E-state index in [9.17, 15) is 13.2 Å². The summed E-state index contributed by atoms with van der Waals surface area (Å²) in [6, 6.07) is 0. The van der Waals surface area contributed by atoms with Crippen LogP contribution < -0.4 is 0 Å². The minimum absolute atomic E-state index is 0.270. The van der Waals surface area contributed by atoms with Gasteiger partial charge in [-0.3, -0.25) is 0 Å². The van der Waals surface area contributed by atoms with E-state index >= 15 is 0 Å². The Morgan fingerprint density at radius 2 is 1.75 bits per heavy atom. The molecule has 0 unspecified atom stereocenters. The number of thioether (sulfide) groups is 1. The molecular weight excluding hydrogens is 189 g/mol. The van der Waals surface area contributed by atoms with Crippen LogP contribution in [-0.2, 0) is 0 Å². The van der Waals surface area contributed by atoms with E-state index in [0.29, 0.717) is 0 Å². The van der Waals surface area contributed by atoms with Crippen LogP contribution in [0.15, 0.2) is 17.6 Å². The van der Waals surface area contributed by atoms with E-state index in [1.165, 1.54) is 12.4 Å². The topological polar surface area (TPSA) is 25.8 Å². The van der Waals surface area contributed by atoms with Crippen molar-refractivity contribution >= 4 is 11.8 Å². The van der Waals surface area contributed by atoms with Crippen LogP contribution in [0.25, 0.3) is 0 Å². The average Bonchev–Trinajstić information content (AvgIpc) is 1.91. The van der Waals surface area contributed by atoms with Gasteiger partial charge in [0, 0.05) is 24.2 Å². The molecule has 6 heteroatoms. The lowest BCUT2D eigenvalue weighted by atomic mass is 10.4. The van der Waals surface area contributed by atoms with Crippen LogP contribution >= 0.6 is 11.8 Å². The number of aromatic nitrogens is 2. The van der Waals surface area contributed by atoms with Gasteiger partial charge in [-0.2, -0.15) is 13.2 Å². The number of nitrogens with zero attached hydrogens (tertiary/aromatic N) is 2. The van der Waals surface area contributed by atoms with Crippen molar-refractivity contribution in [3.63, 3.8) is 0 Å². The van der Waals surface area contributed by atoms with Gasteiger partial charge in [0.25, 0.3) is 0 Å². The first-order chi connectivity index (χ1) is 5.47. The molecule has 0 spiro atoms. The van der Waals surface area contributed by atoms with E-state index in [2.05, 4.69) is 9.97 Å². The van der Waals surface area contributed by atoms with Crippen molar-refractivity contribution in [2.75, 3.05) is 0 Å². The lowest BCUT2D eigenvalue weighted by molar-refractivity contribution is -0.0331. The minimum atomic E-state index is -4.31. The first-order valence-corrected chi connectivity index (χ1v) is 3.83. The molecular formula is C6H5F3N2S. The van der Waals surface area contributed by atoms with Gasteiger partial charge in [-0.05, 0) is 12.5 Å². The fourth-order valence-electron chi connectivity index (χ4n) is 0.537. The molecule has 0 fully saturated rings. The summed E-state index contributed by atoms with van der Waals surface area (Å²) in [7, 11) is 0. The molecule has 2 nitrogen and oxygen atoms in total. The fourth-order valence-corrected chi connectivity index (χ4v) is 0.955. The van der Waals surface area contributed by atoms with E-state index < -0.39 is 5.51 Å². The van der Waals surface area contributed by atoms with Crippen LogP contribution in [0, 0.1) is 6.92 Å². The fraction of sp³-hybridized carbons (Fsp3) is 0.333. The standard InChI is InChI=1S/C6H5F3N2S/c1-4-2-10-5(11-3-4)12-6(7,8)9/h2-3H,1H3. The zero-order valence-corrected chi connectivity index (χ0v) is 6.91. The second-order valence-corrected chi connectivity index (χ2v) is 3.12. The van der Waals surface area contributed by atoms with Crippen molar-refractivity contribution in [2.45, 2.75) is 17.6 Å². The quantitative estimate of drug-likeness (QED) is 0.507. The summed E-state index contributed by atoms with van der Waals surface area (Å²) in [6.45, 7) is 1.71. The Bertz CT molecular complexity index is 256. The molecule has 0 saturated carbocycles. The van der Waals surface area contributed by atoms with Gasteiger partial charge in [-0.15, -0.1) is 0 Å². The number of halogens is 3. The highest BCUT2D eigenvalue weighted by Crippen LogP contribution is 2.34. The first kappa shape index (κ1) is 9.31. The molecule has 1 aromatic rings. The van der Waals surface area contributed by atoms with Crippen LogP contribution in [0.1, 0.15) is 5.56 Å². The molecule has 0 atom stereocenters. The largest absolute Gasteiger partial charge is 0.449 e. The predicted octanol–water partition coefficient (Wildman–Crippen LogP) is 2.40. The van der Waals surface area contributed by atoms with E-state index in [1.807, 2.05) is 0 Å². The summed E-state index contributed by atoms with van der Waals surface area (Å²) in [5.74, 6) is 0. The Labute approximate surface area is 71.2 Å². The van der Waals surface area contributed by atoms with Gasteiger partial charge >= 0.3 is 5.51 Å². The van der Waals surface area contributed by atoms with Crippen molar-refractivity contribution in [3.8, 4) is 0 Å². The molecule has 0 N–H and O–H groups in total. The molecule has 0 aliphatic heterocycles. The van der Waals surface area contributed by atoms with Crippen molar-refractivity contribution in [1.82, 2.24) is 9.97 Å². The minimum Gasteiger partial charge on any atom is -0.231 e. The third-order valence-electron chi connectivity index (χ3n) is 0.964. The summed E-state index contributed by atoms with van der Waals surface area (Å²) in [5.41, 5.74) is -3.57. The Hall–Kier alpha value is -0.780. The summed E-state index contributed by atoms with van der Waals surface area (Å²) in [6.07, 6.45) is 2.70. The van der Waals surface area contributed by atoms with Gasteiger partial charge in [-0.25, -0.2) is 9.97 Å². The van der Waals surface area contributed by atoms with Crippen LogP contribution in [0.3, 0.4) is 0 Å². The van der Waals surface area contributed by atoms with Crippen LogP contribution in [-0.4, -0.2) is 15.5 Å². The molecule has 1 aromatic heterocycles. The Morgan fingerprint density at radius 3 is 2.17 bits per heavy atom. The number of hydrogen-bond donors (Lipinski definition) is 0. The molecule has 0 radical (unpaired) electrons. The summed E-state index contributed by atoms with van der Waals surface area (Å²) < 4.78 is 35.2. The molecule has 66 valence electrons. The van der Waals surface area contributed by atoms with Crippen LogP contribution in [0.4, 0.5) is 13.2 Å². The lowest BCUT2D eigenvalue weighted by Crippen LogP contribution is -2.01. The van der Waals surface area contributed by atoms with Gasteiger partial charge in [0.05, 0.1) is 0 Å². The summed E-state index contributed by atoms with van der Waals surface area (Å²) in [5, 5.41) is -0.270. The Morgan fingerprint density at radius 1 is 1.25 bits per heavy atom. The average molecular weight is 194 g/mol. The summed E-state index contributed by atoms with van der Waals surface area (Å²) >= 11 is -0.313. The maximum Gasteiger partial charge on any atom is 0.449 e. The second-order valence-electron chi connectivity index (χ2n) is 2.09. The maximum atomic E-state index is 11.7. The smallest absolute Gasteiger partial charge is 0.231 e. The third kappa shape index (κ3) is 3.08. The molecule has 0 saturated heterocycles. The monoisotopic (exact) mass is 194 g/mol. The van der Waals surface area contributed by atoms with E-state index in [4.69, 9.17) is 0 Å². The van der Waals surface area contributed by atoms with E-state index in [-0.39, 0.29) is 16.9 Å². The predicted molar refractivity (Wildman–Crippen MR) is 38.7 cm³/mol. The Balaban J connectivity index is 2.71. The molecule has 1 heterocycles. The van der Waals surface area contributed by atoms with Crippen molar-refractivity contribution in [3.05, 3.63) is 18.0 Å². The van der Waals surface area contributed by atoms with Crippen LogP contribution in [0.2, 0.25) is 0 Å². The molecule has 0 aliphatic rings. The van der Waals surface area contributed by atoms with Crippen molar-refractivity contribution < 1.29 is 13.2 Å². The lowest BCUT2D eigenvalue weighted by Gasteiger charge is -2.02. The van der Waals surface area contributed by atoms with Gasteiger partial charge in [0.1, 0.15) is 0 Å². The third-order valence-corrected chi connectivity index (χ3v) is 1.59. The first-order valence-electron chi connectivity index (χ1n) is 3.02. The molecule has 0 amide bonds. The number of hydrogen-bond acceptors (Lipinski definition) is 3. The highest BCUT2D eigenvalue weighted by molar-refractivity contribution is 8.00. The van der Waals surface area contributed by atoms with Gasteiger partial charge in [0.2, 0.25) is 0 Å². The summed E-state index contributed by atoms with van der Waals surface area (Å²) in [4.78, 5) is 6.99. The number of alkyl halides is 3. The normalized spacial score (nSPS) is 11.7. The highest BCUT2D eigenvalue weighted by atomic mass is 32.2. The molecule has 0 bridgehead atoms. The van der Waals surface area contributed by atoms with Crippen molar-refractivity contribution in [2.24, 2.45) is 0 Å². The molecule has 12 heavy (non-hydrogen) atoms. The van der Waals surface area contributed by atoms with Gasteiger partial charge in [0.15, 0.2) is 5.16 Å². The zero-order chi connectivity index (χ0) is 9.19. The van der Waals surface area contributed by atoms with Gasteiger partial charge < -0.3 is 0 Å². The number of aryl methyl sites for hydroxylation is 1. The zero-order valence-electron chi connectivity index (χ0n) is 6.09. The maximum absolute atomic E-state index is 11.7. The van der Waals surface area contributed by atoms with E-state index in [0.717, 1.165) is 5.56 Å². The van der Waals surface area contributed by atoms with Gasteiger partial charge in [-0.1, -0.05) is 0 Å².